The molecule has 0 spiro atoms. The van der Waals surface area contributed by atoms with Gasteiger partial charge in [-0.3, -0.25) is 0 Å². The van der Waals surface area contributed by atoms with E-state index in [1.165, 1.54) is 19.4 Å². The average molecular weight is 199 g/mol. The van der Waals surface area contributed by atoms with E-state index in [1.807, 2.05) is 0 Å². The largest absolute Gasteiger partial charge is 0.316 e. The van der Waals surface area contributed by atoms with Gasteiger partial charge < -0.3 is 5.32 Å². The van der Waals surface area contributed by atoms with Crippen LogP contribution < -0.4 is 5.32 Å². The zero-order valence-electron chi connectivity index (χ0n) is 11.0. The Labute approximate surface area is 90.7 Å². The van der Waals surface area contributed by atoms with Gasteiger partial charge in [0.2, 0.25) is 0 Å². The van der Waals surface area contributed by atoms with Crippen molar-refractivity contribution < 1.29 is 0 Å². The minimum Gasteiger partial charge on any atom is -0.316 e. The first-order valence-electron chi connectivity index (χ1n) is 6.10. The van der Waals surface area contributed by atoms with Gasteiger partial charge in [-0.2, -0.15) is 0 Å². The Hall–Kier alpha value is -0.0400. The Kier molecular flexibility index (Phi) is 6.43. The molecule has 1 unspecified atom stereocenters. The lowest BCUT2D eigenvalue weighted by atomic mass is 9.79. The maximum Gasteiger partial charge on any atom is 0.000527 e. The third-order valence-electron chi connectivity index (χ3n) is 2.86. The van der Waals surface area contributed by atoms with Crippen LogP contribution in [0.2, 0.25) is 0 Å². The summed E-state index contributed by atoms with van der Waals surface area (Å²) >= 11 is 0. The van der Waals surface area contributed by atoms with Crippen LogP contribution in [0.1, 0.15) is 54.4 Å². The van der Waals surface area contributed by atoms with Crippen LogP contribution in [0.25, 0.3) is 0 Å². The van der Waals surface area contributed by atoms with Gasteiger partial charge in [-0.05, 0) is 36.6 Å². The SMILES string of the molecule is CCC(C)(CNCC(C)C)CC(C)C. The molecule has 0 saturated carbocycles. The third kappa shape index (κ3) is 6.42. The molecule has 0 saturated heterocycles. The smallest absolute Gasteiger partial charge is 0.000527 e. The Morgan fingerprint density at radius 3 is 2.00 bits per heavy atom. The first kappa shape index (κ1) is 14.0. The van der Waals surface area contributed by atoms with E-state index < -0.39 is 0 Å². The molecule has 86 valence electrons. The number of rotatable bonds is 7. The second-order valence-electron chi connectivity index (χ2n) is 5.79. The van der Waals surface area contributed by atoms with E-state index in [9.17, 15) is 0 Å². The summed E-state index contributed by atoms with van der Waals surface area (Å²) in [5.74, 6) is 1.57. The quantitative estimate of drug-likeness (QED) is 0.659. The van der Waals surface area contributed by atoms with Crippen molar-refractivity contribution in [2.24, 2.45) is 17.3 Å². The normalized spacial score (nSPS) is 16.3. The van der Waals surface area contributed by atoms with E-state index in [4.69, 9.17) is 0 Å². The van der Waals surface area contributed by atoms with E-state index in [-0.39, 0.29) is 0 Å². The summed E-state index contributed by atoms with van der Waals surface area (Å²) < 4.78 is 0. The fourth-order valence-electron chi connectivity index (χ4n) is 1.99. The summed E-state index contributed by atoms with van der Waals surface area (Å²) in [6.07, 6.45) is 2.60. The summed E-state index contributed by atoms with van der Waals surface area (Å²) in [5, 5.41) is 3.58. The highest BCUT2D eigenvalue weighted by molar-refractivity contribution is 4.76. The minimum absolute atomic E-state index is 0.489. The Bertz CT molecular complexity index is 140. The molecule has 0 amide bonds. The molecule has 0 bridgehead atoms. The maximum absolute atomic E-state index is 3.58. The van der Waals surface area contributed by atoms with Crippen molar-refractivity contribution in [3.63, 3.8) is 0 Å². The molecule has 0 aromatic carbocycles. The number of nitrogens with one attached hydrogen (secondary N) is 1. The van der Waals surface area contributed by atoms with Gasteiger partial charge in [0.15, 0.2) is 0 Å². The van der Waals surface area contributed by atoms with Crippen molar-refractivity contribution in [1.82, 2.24) is 5.32 Å². The highest BCUT2D eigenvalue weighted by Gasteiger charge is 2.22. The van der Waals surface area contributed by atoms with Gasteiger partial charge in [0, 0.05) is 6.54 Å². The zero-order chi connectivity index (χ0) is 11.2. The van der Waals surface area contributed by atoms with E-state index in [0.717, 1.165) is 18.4 Å². The molecule has 0 heterocycles. The van der Waals surface area contributed by atoms with Gasteiger partial charge in [0.25, 0.3) is 0 Å². The molecule has 14 heavy (non-hydrogen) atoms. The van der Waals surface area contributed by atoms with Crippen molar-refractivity contribution in [2.45, 2.75) is 54.4 Å². The molecule has 1 N–H and O–H groups in total. The van der Waals surface area contributed by atoms with Crippen molar-refractivity contribution in [1.29, 1.82) is 0 Å². The highest BCUT2D eigenvalue weighted by atomic mass is 14.9. The molecule has 0 fully saturated rings. The summed E-state index contributed by atoms with van der Waals surface area (Å²) in [5.41, 5.74) is 0.489. The van der Waals surface area contributed by atoms with E-state index in [1.54, 1.807) is 0 Å². The minimum atomic E-state index is 0.489. The predicted octanol–water partition coefficient (Wildman–Crippen LogP) is 3.69. The molecule has 0 rings (SSSR count). The maximum atomic E-state index is 3.58. The van der Waals surface area contributed by atoms with Crippen molar-refractivity contribution in [2.75, 3.05) is 13.1 Å². The Morgan fingerprint density at radius 1 is 1.07 bits per heavy atom. The fraction of sp³-hybridized carbons (Fsp3) is 1.00. The zero-order valence-corrected chi connectivity index (χ0v) is 11.0. The van der Waals surface area contributed by atoms with Gasteiger partial charge in [0.1, 0.15) is 0 Å². The molecule has 0 aromatic rings. The lowest BCUT2D eigenvalue weighted by Gasteiger charge is -2.31. The van der Waals surface area contributed by atoms with Crippen LogP contribution in [-0.4, -0.2) is 13.1 Å². The van der Waals surface area contributed by atoms with E-state index >= 15 is 0 Å². The lowest BCUT2D eigenvalue weighted by molar-refractivity contribution is 0.232. The van der Waals surface area contributed by atoms with Crippen LogP contribution in [0.15, 0.2) is 0 Å². The first-order valence-corrected chi connectivity index (χ1v) is 6.10. The van der Waals surface area contributed by atoms with Gasteiger partial charge in [-0.1, -0.05) is 41.5 Å². The Balaban J connectivity index is 3.86. The van der Waals surface area contributed by atoms with Gasteiger partial charge >= 0.3 is 0 Å². The second-order valence-corrected chi connectivity index (χ2v) is 5.79. The van der Waals surface area contributed by atoms with Crippen LogP contribution in [0.3, 0.4) is 0 Å². The van der Waals surface area contributed by atoms with Crippen molar-refractivity contribution >= 4 is 0 Å². The van der Waals surface area contributed by atoms with Crippen LogP contribution in [0, 0.1) is 17.3 Å². The highest BCUT2D eigenvalue weighted by Crippen LogP contribution is 2.28. The molecule has 0 aliphatic rings. The first-order chi connectivity index (χ1) is 6.39. The number of hydrogen-bond donors (Lipinski definition) is 1. The molecular weight excluding hydrogens is 170 g/mol. The summed E-state index contributed by atoms with van der Waals surface area (Å²) in [4.78, 5) is 0. The van der Waals surface area contributed by atoms with Crippen molar-refractivity contribution in [3.8, 4) is 0 Å². The monoisotopic (exact) mass is 199 g/mol. The molecule has 0 radical (unpaired) electrons. The fourth-order valence-corrected chi connectivity index (χ4v) is 1.99. The molecule has 1 atom stereocenters. The molecule has 0 aromatic heterocycles. The van der Waals surface area contributed by atoms with Crippen LogP contribution in [-0.2, 0) is 0 Å². The molecule has 1 nitrogen and oxygen atoms in total. The molecule has 0 aliphatic carbocycles. The van der Waals surface area contributed by atoms with E-state index in [2.05, 4.69) is 46.9 Å². The third-order valence-corrected chi connectivity index (χ3v) is 2.86. The van der Waals surface area contributed by atoms with Crippen LogP contribution in [0.4, 0.5) is 0 Å². The standard InChI is InChI=1S/C13H29N/c1-7-13(6,8-11(2)3)10-14-9-12(4)5/h11-12,14H,7-10H2,1-6H3. The lowest BCUT2D eigenvalue weighted by Crippen LogP contribution is -2.34. The summed E-state index contributed by atoms with van der Waals surface area (Å²) in [7, 11) is 0. The summed E-state index contributed by atoms with van der Waals surface area (Å²) in [6.45, 7) is 16.2. The number of hydrogen-bond acceptors (Lipinski definition) is 1. The van der Waals surface area contributed by atoms with Gasteiger partial charge in [0.05, 0.1) is 0 Å². The van der Waals surface area contributed by atoms with Crippen LogP contribution in [0.5, 0.6) is 0 Å². The molecular formula is C13H29N. The summed E-state index contributed by atoms with van der Waals surface area (Å²) in [6, 6.07) is 0. The van der Waals surface area contributed by atoms with Crippen LogP contribution >= 0.6 is 0 Å². The predicted molar refractivity (Wildman–Crippen MR) is 65.6 cm³/mol. The van der Waals surface area contributed by atoms with Gasteiger partial charge in [-0.25, -0.2) is 0 Å². The van der Waals surface area contributed by atoms with E-state index in [0.29, 0.717) is 5.41 Å². The van der Waals surface area contributed by atoms with Gasteiger partial charge in [-0.15, -0.1) is 0 Å². The topological polar surface area (TPSA) is 12.0 Å². The second kappa shape index (κ2) is 6.44. The average Bonchev–Trinajstić information content (AvgIpc) is 2.02. The molecule has 1 heteroatoms. The Morgan fingerprint density at radius 2 is 1.64 bits per heavy atom. The molecule has 0 aliphatic heterocycles. The van der Waals surface area contributed by atoms with Crippen molar-refractivity contribution in [3.05, 3.63) is 0 Å².